The molecule has 0 N–H and O–H groups in total. The van der Waals surface area contributed by atoms with Crippen molar-refractivity contribution in [3.63, 3.8) is 0 Å². The van der Waals surface area contributed by atoms with E-state index >= 15 is 0 Å². The average Bonchev–Trinajstić information content (AvgIpc) is 2.57. The number of aryl methyl sites for hydroxylation is 1. The smallest absolute Gasteiger partial charge is 0.277 e. The zero-order valence-corrected chi connectivity index (χ0v) is 13.3. The minimum absolute atomic E-state index is 0.150. The van der Waals surface area contributed by atoms with E-state index in [4.69, 9.17) is 0 Å². The highest BCUT2D eigenvalue weighted by molar-refractivity contribution is 5.77. The summed E-state index contributed by atoms with van der Waals surface area (Å²) in [6, 6.07) is 7.16. The van der Waals surface area contributed by atoms with Crippen LogP contribution < -0.4 is 5.56 Å². The lowest BCUT2D eigenvalue weighted by Gasteiger charge is -2.32. The predicted molar refractivity (Wildman–Crippen MR) is 87.1 cm³/mol. The number of amides is 1. The molecule has 1 saturated heterocycles. The molecule has 1 aromatic carbocycles. The van der Waals surface area contributed by atoms with E-state index in [1.54, 1.807) is 12.1 Å². The van der Waals surface area contributed by atoms with Gasteiger partial charge < -0.3 is 9.80 Å². The highest BCUT2D eigenvalue weighted by Gasteiger charge is 2.18. The molecule has 122 valence electrons. The van der Waals surface area contributed by atoms with Crippen LogP contribution >= 0.6 is 0 Å². The van der Waals surface area contributed by atoms with Crippen molar-refractivity contribution in [2.75, 3.05) is 33.2 Å². The van der Waals surface area contributed by atoms with Gasteiger partial charge in [0.25, 0.3) is 5.56 Å². The number of piperazine rings is 1. The maximum atomic E-state index is 12.3. The molecule has 3 rings (SSSR count). The number of nitrogens with zero attached hydrogens (tertiary/aromatic N) is 5. The van der Waals surface area contributed by atoms with Gasteiger partial charge in [0.05, 0.1) is 5.39 Å². The third kappa shape index (κ3) is 3.56. The molecule has 0 radical (unpaired) electrons. The second-order valence-corrected chi connectivity index (χ2v) is 5.92. The highest BCUT2D eigenvalue weighted by Crippen LogP contribution is 2.06. The van der Waals surface area contributed by atoms with Crippen molar-refractivity contribution in [3.05, 3.63) is 34.6 Å². The molecule has 2 aromatic rings. The van der Waals surface area contributed by atoms with Crippen molar-refractivity contribution >= 4 is 16.8 Å². The van der Waals surface area contributed by atoms with Crippen molar-refractivity contribution in [3.8, 4) is 0 Å². The third-order valence-electron chi connectivity index (χ3n) is 4.25. The Labute approximate surface area is 134 Å². The maximum Gasteiger partial charge on any atom is 0.277 e. The van der Waals surface area contributed by atoms with E-state index in [-0.39, 0.29) is 11.5 Å². The molecule has 0 aliphatic carbocycles. The number of benzene rings is 1. The molecule has 2 heterocycles. The van der Waals surface area contributed by atoms with Gasteiger partial charge in [-0.3, -0.25) is 9.59 Å². The van der Waals surface area contributed by atoms with Gasteiger partial charge in [-0.15, -0.1) is 5.10 Å². The second kappa shape index (κ2) is 6.87. The summed E-state index contributed by atoms with van der Waals surface area (Å²) < 4.78 is 1.35. The Morgan fingerprint density at radius 1 is 1.17 bits per heavy atom. The van der Waals surface area contributed by atoms with Gasteiger partial charge in [0.1, 0.15) is 5.52 Å². The largest absolute Gasteiger partial charge is 0.340 e. The van der Waals surface area contributed by atoms with Gasteiger partial charge in [-0.2, -0.15) is 0 Å². The number of fused-ring (bicyclic) bond motifs is 1. The molecule has 23 heavy (non-hydrogen) atoms. The van der Waals surface area contributed by atoms with E-state index in [1.165, 1.54) is 4.68 Å². The molecule has 1 aliphatic rings. The van der Waals surface area contributed by atoms with E-state index in [2.05, 4.69) is 22.3 Å². The van der Waals surface area contributed by atoms with Crippen molar-refractivity contribution < 1.29 is 4.79 Å². The zero-order chi connectivity index (χ0) is 16.2. The Morgan fingerprint density at radius 2 is 1.91 bits per heavy atom. The molecule has 0 bridgehead atoms. The Hall–Kier alpha value is -2.28. The second-order valence-electron chi connectivity index (χ2n) is 5.92. The van der Waals surface area contributed by atoms with E-state index in [0.717, 1.165) is 26.2 Å². The Balaban J connectivity index is 1.57. The van der Waals surface area contributed by atoms with Gasteiger partial charge >= 0.3 is 0 Å². The lowest BCUT2D eigenvalue weighted by atomic mass is 10.2. The Kier molecular flexibility index (Phi) is 4.66. The first-order chi connectivity index (χ1) is 11.1. The van der Waals surface area contributed by atoms with Crippen LogP contribution in [0, 0.1) is 0 Å². The van der Waals surface area contributed by atoms with Gasteiger partial charge in [0.2, 0.25) is 5.91 Å². The minimum atomic E-state index is -0.150. The molecule has 1 aliphatic heterocycles. The van der Waals surface area contributed by atoms with Crippen LogP contribution in [0.2, 0.25) is 0 Å². The highest BCUT2D eigenvalue weighted by atomic mass is 16.2. The molecular weight excluding hydrogens is 294 g/mol. The Morgan fingerprint density at radius 3 is 2.70 bits per heavy atom. The average molecular weight is 315 g/mol. The maximum absolute atomic E-state index is 12.3. The molecule has 0 unspecified atom stereocenters. The van der Waals surface area contributed by atoms with Crippen LogP contribution in [0.4, 0.5) is 0 Å². The number of hydrogen-bond acceptors (Lipinski definition) is 5. The van der Waals surface area contributed by atoms with Crippen molar-refractivity contribution in [1.29, 1.82) is 0 Å². The molecule has 7 heteroatoms. The molecule has 0 atom stereocenters. The van der Waals surface area contributed by atoms with Crippen LogP contribution in [0.25, 0.3) is 10.9 Å². The third-order valence-corrected chi connectivity index (χ3v) is 4.25. The summed E-state index contributed by atoms with van der Waals surface area (Å²) in [5, 5.41) is 8.56. The van der Waals surface area contributed by atoms with Gasteiger partial charge in [-0.1, -0.05) is 17.3 Å². The SMILES string of the molecule is CN1CCN(C(=O)CCCn2nnc3ccccc3c2=O)CC1. The zero-order valence-electron chi connectivity index (χ0n) is 13.3. The Bertz CT molecular complexity index is 749. The fraction of sp³-hybridized carbons (Fsp3) is 0.500. The van der Waals surface area contributed by atoms with Crippen LogP contribution in [0.15, 0.2) is 29.1 Å². The first kappa shape index (κ1) is 15.6. The summed E-state index contributed by atoms with van der Waals surface area (Å²) in [6.07, 6.45) is 1.03. The van der Waals surface area contributed by atoms with E-state index in [1.807, 2.05) is 17.0 Å². The van der Waals surface area contributed by atoms with Crippen molar-refractivity contribution in [2.24, 2.45) is 0 Å². The number of aromatic nitrogens is 3. The quantitative estimate of drug-likeness (QED) is 0.814. The standard InChI is InChI=1S/C16H21N5O2/c1-19-9-11-20(12-10-19)15(22)7-4-8-21-16(23)13-5-2-3-6-14(13)17-18-21/h2-3,5-6H,4,7-12H2,1H3. The van der Waals surface area contributed by atoms with Gasteiger partial charge in [-0.05, 0) is 25.6 Å². The topological polar surface area (TPSA) is 71.3 Å². The van der Waals surface area contributed by atoms with Crippen LogP contribution in [0.3, 0.4) is 0 Å². The summed E-state index contributed by atoms with van der Waals surface area (Å²) in [5.74, 6) is 0.153. The molecular formula is C16H21N5O2. The first-order valence-electron chi connectivity index (χ1n) is 7.94. The first-order valence-corrected chi connectivity index (χ1v) is 7.94. The normalized spacial score (nSPS) is 16.0. The molecule has 0 spiro atoms. The summed E-state index contributed by atoms with van der Waals surface area (Å²) in [4.78, 5) is 28.6. The van der Waals surface area contributed by atoms with Crippen molar-refractivity contribution in [2.45, 2.75) is 19.4 Å². The van der Waals surface area contributed by atoms with Crippen LogP contribution in [-0.4, -0.2) is 63.9 Å². The summed E-state index contributed by atoms with van der Waals surface area (Å²) >= 11 is 0. The van der Waals surface area contributed by atoms with E-state index in [9.17, 15) is 9.59 Å². The van der Waals surface area contributed by atoms with Crippen LogP contribution in [-0.2, 0) is 11.3 Å². The molecule has 1 amide bonds. The number of carbonyl (C=O) groups excluding carboxylic acids is 1. The van der Waals surface area contributed by atoms with Gasteiger partial charge in [-0.25, -0.2) is 4.68 Å². The van der Waals surface area contributed by atoms with Gasteiger partial charge in [0, 0.05) is 39.1 Å². The predicted octanol–water partition coefficient (Wildman–Crippen LogP) is 0.346. The fourth-order valence-electron chi connectivity index (χ4n) is 2.76. The molecule has 1 fully saturated rings. The van der Waals surface area contributed by atoms with Crippen molar-refractivity contribution in [1.82, 2.24) is 24.8 Å². The monoisotopic (exact) mass is 315 g/mol. The number of likely N-dealkylation sites (N-methyl/N-ethyl adjacent to an activating group) is 1. The molecule has 7 nitrogen and oxygen atoms in total. The number of rotatable bonds is 4. The number of carbonyl (C=O) groups is 1. The molecule has 1 aromatic heterocycles. The fourth-order valence-corrected chi connectivity index (χ4v) is 2.76. The summed E-state index contributed by atoms with van der Waals surface area (Å²) in [6.45, 7) is 3.81. The van der Waals surface area contributed by atoms with Crippen LogP contribution in [0.5, 0.6) is 0 Å². The van der Waals surface area contributed by atoms with E-state index in [0.29, 0.717) is 30.3 Å². The lowest BCUT2D eigenvalue weighted by molar-refractivity contribution is -0.132. The lowest BCUT2D eigenvalue weighted by Crippen LogP contribution is -2.47. The summed E-state index contributed by atoms with van der Waals surface area (Å²) in [5.41, 5.74) is 0.449. The molecule has 0 saturated carbocycles. The summed E-state index contributed by atoms with van der Waals surface area (Å²) in [7, 11) is 2.06. The van der Waals surface area contributed by atoms with Gasteiger partial charge in [0.15, 0.2) is 0 Å². The van der Waals surface area contributed by atoms with E-state index < -0.39 is 0 Å². The van der Waals surface area contributed by atoms with Crippen LogP contribution in [0.1, 0.15) is 12.8 Å². The number of hydrogen-bond donors (Lipinski definition) is 0. The minimum Gasteiger partial charge on any atom is -0.340 e.